The van der Waals surface area contributed by atoms with Crippen LogP contribution in [-0.2, 0) is 0 Å². The van der Waals surface area contributed by atoms with Crippen molar-refractivity contribution < 1.29 is 9.90 Å². The average molecular weight is 327 g/mol. The van der Waals surface area contributed by atoms with Gasteiger partial charge < -0.3 is 15.3 Å². The first-order valence-electron chi connectivity index (χ1n) is 6.57. The minimum atomic E-state index is -0.221. The van der Waals surface area contributed by atoms with Crippen molar-refractivity contribution in [1.82, 2.24) is 10.2 Å². The summed E-state index contributed by atoms with van der Waals surface area (Å²) >= 11 is 3.34. The highest BCUT2D eigenvalue weighted by Crippen LogP contribution is 2.26. The van der Waals surface area contributed by atoms with Gasteiger partial charge in [-0.05, 0) is 50.6 Å². The largest absolute Gasteiger partial charge is 0.507 e. The fourth-order valence-electron chi connectivity index (χ4n) is 2.34. The second-order valence-electron chi connectivity index (χ2n) is 4.92. The SMILES string of the molecule is Cc1cc(Br)cc(C(=O)NCCN2CCCC2)c1O. The van der Waals surface area contributed by atoms with Crippen molar-refractivity contribution in [3.8, 4) is 5.75 Å². The second kappa shape index (κ2) is 6.39. The minimum absolute atomic E-state index is 0.0573. The summed E-state index contributed by atoms with van der Waals surface area (Å²) in [5.74, 6) is -0.164. The first-order chi connectivity index (χ1) is 9.08. The number of nitrogens with zero attached hydrogens (tertiary/aromatic N) is 1. The van der Waals surface area contributed by atoms with Gasteiger partial charge in [-0.3, -0.25) is 4.79 Å². The van der Waals surface area contributed by atoms with Crippen LogP contribution < -0.4 is 5.32 Å². The number of hydrogen-bond acceptors (Lipinski definition) is 3. The number of amides is 1. The average Bonchev–Trinajstić information content (AvgIpc) is 2.86. The van der Waals surface area contributed by atoms with Crippen molar-refractivity contribution in [2.75, 3.05) is 26.2 Å². The van der Waals surface area contributed by atoms with E-state index in [0.717, 1.165) is 24.1 Å². The number of benzene rings is 1. The third-order valence-electron chi connectivity index (χ3n) is 3.42. The Morgan fingerprint density at radius 1 is 1.42 bits per heavy atom. The standard InChI is InChI=1S/C14H19BrN2O2/c1-10-8-11(15)9-12(13(10)18)14(19)16-4-7-17-5-2-3-6-17/h8-9,18H,2-7H2,1H3,(H,16,19). The Morgan fingerprint density at radius 2 is 2.11 bits per heavy atom. The molecule has 1 amide bonds. The molecule has 1 aromatic carbocycles. The Labute approximate surface area is 121 Å². The summed E-state index contributed by atoms with van der Waals surface area (Å²) in [6, 6.07) is 3.43. The summed E-state index contributed by atoms with van der Waals surface area (Å²) in [6.07, 6.45) is 2.50. The number of nitrogens with one attached hydrogen (secondary N) is 1. The van der Waals surface area contributed by atoms with Gasteiger partial charge in [0.25, 0.3) is 5.91 Å². The van der Waals surface area contributed by atoms with Crippen molar-refractivity contribution in [2.24, 2.45) is 0 Å². The number of likely N-dealkylation sites (tertiary alicyclic amines) is 1. The highest BCUT2D eigenvalue weighted by Gasteiger charge is 2.15. The molecular weight excluding hydrogens is 308 g/mol. The molecule has 0 unspecified atom stereocenters. The molecule has 2 N–H and O–H groups in total. The summed E-state index contributed by atoms with van der Waals surface area (Å²) in [7, 11) is 0. The Hall–Kier alpha value is -1.07. The van der Waals surface area contributed by atoms with Crippen LogP contribution in [0.4, 0.5) is 0 Å². The number of hydrogen-bond donors (Lipinski definition) is 2. The molecule has 0 bridgehead atoms. The maximum atomic E-state index is 12.0. The van der Waals surface area contributed by atoms with Crippen molar-refractivity contribution in [3.05, 3.63) is 27.7 Å². The van der Waals surface area contributed by atoms with Gasteiger partial charge in [-0.2, -0.15) is 0 Å². The van der Waals surface area contributed by atoms with Crippen molar-refractivity contribution >= 4 is 21.8 Å². The molecule has 19 heavy (non-hydrogen) atoms. The molecule has 1 aromatic rings. The molecule has 0 spiro atoms. The maximum Gasteiger partial charge on any atom is 0.255 e. The van der Waals surface area contributed by atoms with Crippen LogP contribution >= 0.6 is 15.9 Å². The van der Waals surface area contributed by atoms with Gasteiger partial charge in [0, 0.05) is 17.6 Å². The van der Waals surface area contributed by atoms with Gasteiger partial charge in [0.1, 0.15) is 5.75 Å². The molecule has 1 heterocycles. The van der Waals surface area contributed by atoms with Crippen molar-refractivity contribution in [1.29, 1.82) is 0 Å². The Kier molecular flexibility index (Phi) is 4.82. The summed E-state index contributed by atoms with van der Waals surface area (Å²) in [6.45, 7) is 5.51. The Balaban J connectivity index is 1.92. The summed E-state index contributed by atoms with van der Waals surface area (Å²) in [5, 5.41) is 12.8. The van der Waals surface area contributed by atoms with Gasteiger partial charge in [-0.1, -0.05) is 15.9 Å². The lowest BCUT2D eigenvalue weighted by atomic mass is 10.1. The van der Waals surface area contributed by atoms with Gasteiger partial charge >= 0.3 is 0 Å². The van der Waals surface area contributed by atoms with Crippen LogP contribution in [0.25, 0.3) is 0 Å². The predicted octanol–water partition coefficient (Wildman–Crippen LogP) is 2.29. The number of halogens is 1. The first-order valence-corrected chi connectivity index (χ1v) is 7.37. The smallest absolute Gasteiger partial charge is 0.255 e. The molecule has 1 fully saturated rings. The molecule has 0 radical (unpaired) electrons. The van der Waals surface area contributed by atoms with Gasteiger partial charge in [-0.25, -0.2) is 0 Å². The zero-order valence-corrected chi connectivity index (χ0v) is 12.7. The van der Waals surface area contributed by atoms with Crippen LogP contribution in [0.3, 0.4) is 0 Å². The van der Waals surface area contributed by atoms with E-state index in [4.69, 9.17) is 0 Å². The highest BCUT2D eigenvalue weighted by molar-refractivity contribution is 9.10. The van der Waals surface area contributed by atoms with E-state index < -0.39 is 0 Å². The summed E-state index contributed by atoms with van der Waals surface area (Å²) in [4.78, 5) is 14.4. The van der Waals surface area contributed by atoms with Crippen LogP contribution in [0.1, 0.15) is 28.8 Å². The molecule has 0 saturated carbocycles. The van der Waals surface area contributed by atoms with E-state index in [2.05, 4.69) is 26.1 Å². The Bertz CT molecular complexity index is 471. The number of phenols is 1. The first kappa shape index (κ1) is 14.3. The molecule has 0 aliphatic carbocycles. The summed E-state index contributed by atoms with van der Waals surface area (Å²) < 4.78 is 0.799. The molecule has 5 heteroatoms. The van der Waals surface area contributed by atoms with E-state index in [9.17, 15) is 9.90 Å². The van der Waals surface area contributed by atoms with Gasteiger partial charge in [0.2, 0.25) is 0 Å². The van der Waals surface area contributed by atoms with Gasteiger partial charge in [0.15, 0.2) is 0 Å². The molecule has 1 aliphatic rings. The highest BCUT2D eigenvalue weighted by atomic mass is 79.9. The van der Waals surface area contributed by atoms with E-state index in [1.807, 2.05) is 0 Å². The molecule has 1 aliphatic heterocycles. The zero-order valence-electron chi connectivity index (χ0n) is 11.1. The molecular formula is C14H19BrN2O2. The zero-order chi connectivity index (χ0) is 13.8. The van der Waals surface area contributed by atoms with E-state index in [0.29, 0.717) is 17.7 Å². The maximum absolute atomic E-state index is 12.0. The van der Waals surface area contributed by atoms with E-state index in [1.165, 1.54) is 12.8 Å². The van der Waals surface area contributed by atoms with Crippen molar-refractivity contribution in [2.45, 2.75) is 19.8 Å². The Morgan fingerprint density at radius 3 is 2.79 bits per heavy atom. The van der Waals surface area contributed by atoms with Crippen LogP contribution in [0.15, 0.2) is 16.6 Å². The lowest BCUT2D eigenvalue weighted by molar-refractivity contribution is 0.0947. The number of phenolic OH excluding ortho intramolecular Hbond substituents is 1. The number of aryl methyl sites for hydroxylation is 1. The third kappa shape index (κ3) is 3.70. The fraction of sp³-hybridized carbons (Fsp3) is 0.500. The molecule has 0 atom stereocenters. The van der Waals surface area contributed by atoms with E-state index in [-0.39, 0.29) is 11.7 Å². The number of carbonyl (C=O) groups excluding carboxylic acids is 1. The van der Waals surface area contributed by atoms with Crippen LogP contribution in [0, 0.1) is 6.92 Å². The van der Waals surface area contributed by atoms with Crippen LogP contribution in [0.5, 0.6) is 5.75 Å². The van der Waals surface area contributed by atoms with Crippen LogP contribution in [0.2, 0.25) is 0 Å². The monoisotopic (exact) mass is 326 g/mol. The van der Waals surface area contributed by atoms with E-state index >= 15 is 0 Å². The third-order valence-corrected chi connectivity index (χ3v) is 3.88. The molecule has 104 valence electrons. The topological polar surface area (TPSA) is 52.6 Å². The minimum Gasteiger partial charge on any atom is -0.507 e. The molecule has 2 rings (SSSR count). The molecule has 4 nitrogen and oxygen atoms in total. The fourth-order valence-corrected chi connectivity index (χ4v) is 2.91. The number of aromatic hydroxyl groups is 1. The quantitative estimate of drug-likeness (QED) is 0.892. The van der Waals surface area contributed by atoms with Crippen LogP contribution in [-0.4, -0.2) is 42.1 Å². The predicted molar refractivity (Wildman–Crippen MR) is 78.6 cm³/mol. The number of rotatable bonds is 4. The molecule has 0 aromatic heterocycles. The second-order valence-corrected chi connectivity index (χ2v) is 5.84. The van der Waals surface area contributed by atoms with Gasteiger partial charge in [0.05, 0.1) is 5.56 Å². The number of carbonyl (C=O) groups is 1. The molecule has 1 saturated heterocycles. The van der Waals surface area contributed by atoms with Crippen molar-refractivity contribution in [3.63, 3.8) is 0 Å². The lowest BCUT2D eigenvalue weighted by Crippen LogP contribution is -2.33. The summed E-state index contributed by atoms with van der Waals surface area (Å²) in [5.41, 5.74) is 1.02. The van der Waals surface area contributed by atoms with E-state index in [1.54, 1.807) is 19.1 Å². The lowest BCUT2D eigenvalue weighted by Gasteiger charge is -2.15. The normalized spacial score (nSPS) is 15.7. The van der Waals surface area contributed by atoms with Gasteiger partial charge in [-0.15, -0.1) is 0 Å².